The predicted octanol–water partition coefficient (Wildman–Crippen LogP) is 3.38. The van der Waals surface area contributed by atoms with Gasteiger partial charge in [-0.2, -0.15) is 0 Å². The Balaban J connectivity index is 1.45. The predicted molar refractivity (Wildman–Crippen MR) is 123 cm³/mol. The van der Waals surface area contributed by atoms with Crippen molar-refractivity contribution in [2.45, 2.75) is 6.42 Å². The van der Waals surface area contributed by atoms with Gasteiger partial charge in [0.05, 0.1) is 11.4 Å². The molecule has 2 aromatic rings. The lowest BCUT2D eigenvalue weighted by Crippen LogP contribution is -2.36. The molecule has 3 heterocycles. The Morgan fingerprint density at radius 3 is 1.58 bits per heavy atom. The summed E-state index contributed by atoms with van der Waals surface area (Å²) >= 11 is 0. The largest absolute Gasteiger partial charge is 0.337 e. The van der Waals surface area contributed by atoms with E-state index in [2.05, 4.69) is 9.97 Å². The van der Waals surface area contributed by atoms with Crippen LogP contribution in [0.4, 0.5) is 0 Å². The third-order valence-electron chi connectivity index (χ3n) is 4.73. The van der Waals surface area contributed by atoms with E-state index in [9.17, 15) is 9.59 Å². The zero-order valence-corrected chi connectivity index (χ0v) is 17.4. The van der Waals surface area contributed by atoms with Gasteiger partial charge in [-0.1, -0.05) is 36.4 Å². The van der Waals surface area contributed by atoms with Crippen molar-refractivity contribution >= 4 is 24.0 Å². The number of pyridine rings is 2. The number of hydrogen-bond acceptors (Lipinski definition) is 4. The number of hydrogen-bond donors (Lipinski definition) is 0. The molecule has 158 valence electrons. The molecule has 0 radical (unpaired) electrons. The van der Waals surface area contributed by atoms with Crippen LogP contribution in [0.5, 0.6) is 0 Å². The molecule has 0 spiro atoms. The molecule has 31 heavy (non-hydrogen) atoms. The minimum Gasteiger partial charge on any atom is -0.337 e. The zero-order chi connectivity index (χ0) is 21.7. The van der Waals surface area contributed by atoms with Crippen molar-refractivity contribution in [3.63, 3.8) is 0 Å². The molecule has 0 N–H and O–H groups in total. The summed E-state index contributed by atoms with van der Waals surface area (Å²) in [5.41, 5.74) is 1.68. The van der Waals surface area contributed by atoms with Crippen molar-refractivity contribution < 1.29 is 9.59 Å². The van der Waals surface area contributed by atoms with Gasteiger partial charge in [0.15, 0.2) is 0 Å². The summed E-state index contributed by atoms with van der Waals surface area (Å²) in [5, 5.41) is 0. The van der Waals surface area contributed by atoms with Gasteiger partial charge in [0.1, 0.15) is 0 Å². The monoisotopic (exact) mass is 414 g/mol. The Bertz CT molecular complexity index is 886. The fourth-order valence-corrected chi connectivity index (χ4v) is 3.10. The second-order valence-corrected chi connectivity index (χ2v) is 6.95. The van der Waals surface area contributed by atoms with E-state index in [0.717, 1.165) is 17.8 Å². The summed E-state index contributed by atoms with van der Waals surface area (Å²) < 4.78 is 0. The van der Waals surface area contributed by atoms with Crippen LogP contribution >= 0.6 is 0 Å². The average Bonchev–Trinajstić information content (AvgIpc) is 3.07. The molecule has 1 saturated heterocycles. The third-order valence-corrected chi connectivity index (χ3v) is 4.73. The molecule has 0 atom stereocenters. The molecular formula is C25H26N4O2. The van der Waals surface area contributed by atoms with Crippen LogP contribution in [-0.4, -0.2) is 57.8 Å². The summed E-state index contributed by atoms with van der Waals surface area (Å²) in [6.07, 6.45) is 18.1. The Kier molecular flexibility index (Phi) is 8.49. The molecule has 0 bridgehead atoms. The molecule has 3 rings (SSSR count). The Labute approximate surface area is 182 Å². The maximum Gasteiger partial charge on any atom is 0.246 e. The van der Waals surface area contributed by atoms with Gasteiger partial charge in [-0.3, -0.25) is 19.6 Å². The van der Waals surface area contributed by atoms with Crippen molar-refractivity contribution in [2.24, 2.45) is 0 Å². The molecule has 2 amide bonds. The Morgan fingerprint density at radius 1 is 0.677 bits per heavy atom. The van der Waals surface area contributed by atoms with Crippen LogP contribution in [0.25, 0.3) is 12.2 Å². The minimum absolute atomic E-state index is 0.0474. The Morgan fingerprint density at radius 2 is 1.16 bits per heavy atom. The van der Waals surface area contributed by atoms with Crippen molar-refractivity contribution in [1.29, 1.82) is 0 Å². The van der Waals surface area contributed by atoms with E-state index < -0.39 is 0 Å². The first-order chi connectivity index (χ1) is 15.2. The first-order valence-electron chi connectivity index (χ1n) is 10.3. The van der Waals surface area contributed by atoms with Crippen LogP contribution in [0.3, 0.4) is 0 Å². The van der Waals surface area contributed by atoms with Gasteiger partial charge in [-0.05, 0) is 42.8 Å². The molecule has 1 aliphatic rings. The first-order valence-corrected chi connectivity index (χ1v) is 10.3. The van der Waals surface area contributed by atoms with Crippen LogP contribution in [0, 0.1) is 0 Å². The van der Waals surface area contributed by atoms with Crippen LogP contribution < -0.4 is 0 Å². The number of rotatable bonds is 6. The normalized spacial score (nSPS) is 15.4. The van der Waals surface area contributed by atoms with Crippen molar-refractivity contribution in [1.82, 2.24) is 19.8 Å². The number of nitrogens with zero attached hydrogens (tertiary/aromatic N) is 4. The van der Waals surface area contributed by atoms with Crippen molar-refractivity contribution in [2.75, 3.05) is 26.2 Å². The van der Waals surface area contributed by atoms with E-state index in [1.165, 1.54) is 0 Å². The van der Waals surface area contributed by atoms with Crippen molar-refractivity contribution in [3.05, 3.63) is 96.6 Å². The number of carbonyl (C=O) groups is 2. The Hall–Kier alpha value is -3.80. The highest BCUT2D eigenvalue weighted by molar-refractivity contribution is 5.89. The fourth-order valence-electron chi connectivity index (χ4n) is 3.10. The first kappa shape index (κ1) is 21.9. The van der Waals surface area contributed by atoms with Gasteiger partial charge in [0.2, 0.25) is 11.8 Å². The lowest BCUT2D eigenvalue weighted by atomic mass is 10.3. The lowest BCUT2D eigenvalue weighted by molar-refractivity contribution is -0.128. The summed E-state index contributed by atoms with van der Waals surface area (Å²) in [6, 6.07) is 11.3. The van der Waals surface area contributed by atoms with Crippen LogP contribution in [-0.2, 0) is 9.59 Å². The zero-order valence-electron chi connectivity index (χ0n) is 17.4. The van der Waals surface area contributed by atoms with Gasteiger partial charge in [0.25, 0.3) is 0 Å². The number of carbonyl (C=O) groups excluding carboxylic acids is 2. The maximum atomic E-state index is 12.4. The maximum absolute atomic E-state index is 12.4. The minimum atomic E-state index is -0.0474. The molecule has 6 nitrogen and oxygen atoms in total. The van der Waals surface area contributed by atoms with Gasteiger partial charge in [0, 0.05) is 50.7 Å². The highest BCUT2D eigenvalue weighted by Crippen LogP contribution is 2.06. The van der Waals surface area contributed by atoms with Gasteiger partial charge < -0.3 is 9.80 Å². The average molecular weight is 415 g/mol. The highest BCUT2D eigenvalue weighted by atomic mass is 16.2. The van der Waals surface area contributed by atoms with E-state index >= 15 is 0 Å². The molecule has 0 aliphatic carbocycles. The van der Waals surface area contributed by atoms with Crippen LogP contribution in [0.15, 0.2) is 85.2 Å². The topological polar surface area (TPSA) is 66.4 Å². The van der Waals surface area contributed by atoms with E-state index in [0.29, 0.717) is 26.2 Å². The van der Waals surface area contributed by atoms with Crippen molar-refractivity contribution in [3.8, 4) is 0 Å². The summed E-state index contributed by atoms with van der Waals surface area (Å²) in [6.45, 7) is 2.33. The van der Waals surface area contributed by atoms with Gasteiger partial charge in [-0.25, -0.2) is 0 Å². The molecule has 1 fully saturated rings. The molecule has 0 aromatic carbocycles. The number of allylic oxidation sites excluding steroid dienone is 4. The summed E-state index contributed by atoms with van der Waals surface area (Å²) in [4.78, 5) is 36.8. The van der Waals surface area contributed by atoms with E-state index in [4.69, 9.17) is 0 Å². The third kappa shape index (κ3) is 7.51. The van der Waals surface area contributed by atoms with Gasteiger partial charge in [-0.15, -0.1) is 0 Å². The highest BCUT2D eigenvalue weighted by Gasteiger charge is 2.19. The quantitative estimate of drug-likeness (QED) is 0.537. The second kappa shape index (κ2) is 12.0. The standard InChI is InChI=1S/C25H26N4O2/c30-24(14-3-1-10-22-12-5-7-16-26-22)28-18-9-19-29(21-20-28)25(31)15-4-2-11-23-13-6-8-17-27-23/h1-8,10-17H,9,18-21H2/b10-1+,11-2+,14-3+,15-4+. The molecule has 2 aromatic heterocycles. The molecule has 0 unspecified atom stereocenters. The SMILES string of the molecule is O=C(/C=C/C=C/c1ccccn1)N1CCCN(C(=O)/C=C/C=C/c2ccccn2)CC1. The van der Waals surface area contributed by atoms with E-state index in [1.807, 2.05) is 48.6 Å². The number of amides is 2. The molecule has 0 saturated carbocycles. The second-order valence-electron chi connectivity index (χ2n) is 6.95. The summed E-state index contributed by atoms with van der Waals surface area (Å²) in [5.74, 6) is -0.0948. The molecular weight excluding hydrogens is 388 g/mol. The number of aromatic nitrogens is 2. The lowest BCUT2D eigenvalue weighted by Gasteiger charge is -2.20. The molecule has 6 heteroatoms. The van der Waals surface area contributed by atoms with E-state index in [-0.39, 0.29) is 11.8 Å². The smallest absolute Gasteiger partial charge is 0.246 e. The van der Waals surface area contributed by atoms with E-state index in [1.54, 1.807) is 58.6 Å². The van der Waals surface area contributed by atoms with Gasteiger partial charge >= 0.3 is 0 Å². The summed E-state index contributed by atoms with van der Waals surface area (Å²) in [7, 11) is 0. The van der Waals surface area contributed by atoms with Crippen LogP contribution in [0.2, 0.25) is 0 Å². The fraction of sp³-hybridized carbons (Fsp3) is 0.200. The van der Waals surface area contributed by atoms with Crippen LogP contribution in [0.1, 0.15) is 17.8 Å². The molecule has 1 aliphatic heterocycles.